The topological polar surface area (TPSA) is 50.1 Å². The molecule has 4 nitrogen and oxygen atoms in total. The van der Waals surface area contributed by atoms with Gasteiger partial charge in [-0.05, 0) is 22.9 Å². The molecular weight excluding hydrogens is 234 g/mol. The number of hydrogen-bond donors (Lipinski definition) is 2. The van der Waals surface area contributed by atoms with Gasteiger partial charge in [-0.15, -0.1) is 0 Å². The van der Waals surface area contributed by atoms with Crippen molar-refractivity contribution in [2.24, 2.45) is 0 Å². The van der Waals surface area contributed by atoms with Gasteiger partial charge in [-0.2, -0.15) is 5.10 Å². The summed E-state index contributed by atoms with van der Waals surface area (Å²) in [5.74, 6) is 0. The van der Waals surface area contributed by atoms with Crippen molar-refractivity contribution in [1.29, 1.82) is 0 Å². The van der Waals surface area contributed by atoms with Crippen LogP contribution in [0, 0.1) is 0 Å². The third kappa shape index (κ3) is 1.31. The average molecular weight is 246 g/mol. The maximum Gasteiger partial charge on any atom is 0.132 e. The first kappa shape index (κ1) is 9.18. The Morgan fingerprint density at radius 2 is 2.46 bits per heavy atom. The van der Waals surface area contributed by atoms with Gasteiger partial charge in [0.25, 0.3) is 0 Å². The Labute approximate surface area is 85.1 Å². The van der Waals surface area contributed by atoms with Crippen LogP contribution in [0.5, 0.6) is 0 Å². The van der Waals surface area contributed by atoms with E-state index < -0.39 is 5.60 Å². The van der Waals surface area contributed by atoms with Crippen molar-refractivity contribution in [3.05, 3.63) is 16.4 Å². The quantitative estimate of drug-likeness (QED) is 0.796. The lowest BCUT2D eigenvalue weighted by atomic mass is 9.93. The standard InChI is InChI=1S/C8H12BrN3O/c1-2-12-7(6(9)3-11-12)8(13)4-10-5-8/h3,10,13H,2,4-5H2,1H3. The molecular formula is C8H12BrN3O. The summed E-state index contributed by atoms with van der Waals surface area (Å²) in [5, 5.41) is 17.3. The zero-order valence-corrected chi connectivity index (χ0v) is 9.00. The van der Waals surface area contributed by atoms with Crippen LogP contribution >= 0.6 is 15.9 Å². The molecule has 0 radical (unpaired) electrons. The van der Waals surface area contributed by atoms with Gasteiger partial charge in [-0.1, -0.05) is 0 Å². The fraction of sp³-hybridized carbons (Fsp3) is 0.625. The van der Waals surface area contributed by atoms with Crippen LogP contribution in [0.2, 0.25) is 0 Å². The number of aryl methyl sites for hydroxylation is 1. The van der Waals surface area contributed by atoms with Crippen LogP contribution in [0.25, 0.3) is 0 Å². The Kier molecular flexibility index (Phi) is 2.17. The van der Waals surface area contributed by atoms with E-state index in [4.69, 9.17) is 0 Å². The van der Waals surface area contributed by atoms with Gasteiger partial charge in [0.15, 0.2) is 0 Å². The van der Waals surface area contributed by atoms with Gasteiger partial charge in [-0.3, -0.25) is 4.68 Å². The van der Waals surface area contributed by atoms with E-state index in [1.807, 2.05) is 11.6 Å². The van der Waals surface area contributed by atoms with Crippen LogP contribution in [0.3, 0.4) is 0 Å². The molecule has 0 spiro atoms. The third-order valence-electron chi connectivity index (χ3n) is 2.37. The molecule has 2 rings (SSSR count). The van der Waals surface area contributed by atoms with Crippen molar-refractivity contribution in [1.82, 2.24) is 15.1 Å². The molecule has 2 N–H and O–H groups in total. The van der Waals surface area contributed by atoms with E-state index >= 15 is 0 Å². The Morgan fingerprint density at radius 1 is 1.77 bits per heavy atom. The van der Waals surface area contributed by atoms with E-state index in [2.05, 4.69) is 26.3 Å². The average Bonchev–Trinajstić information content (AvgIpc) is 2.43. The lowest BCUT2D eigenvalue weighted by Crippen LogP contribution is -2.57. The van der Waals surface area contributed by atoms with Crippen LogP contribution in [-0.4, -0.2) is 28.0 Å². The van der Waals surface area contributed by atoms with Crippen LogP contribution < -0.4 is 5.32 Å². The summed E-state index contributed by atoms with van der Waals surface area (Å²) in [5.41, 5.74) is 0.152. The summed E-state index contributed by atoms with van der Waals surface area (Å²) in [6, 6.07) is 0. The van der Waals surface area contributed by atoms with Crippen molar-refractivity contribution >= 4 is 15.9 Å². The van der Waals surface area contributed by atoms with Gasteiger partial charge in [0.1, 0.15) is 5.60 Å². The van der Waals surface area contributed by atoms with E-state index in [1.54, 1.807) is 6.20 Å². The van der Waals surface area contributed by atoms with E-state index in [1.165, 1.54) is 0 Å². The predicted octanol–water partition coefficient (Wildman–Crippen LogP) is 0.456. The zero-order chi connectivity index (χ0) is 9.47. The molecule has 13 heavy (non-hydrogen) atoms. The summed E-state index contributed by atoms with van der Waals surface area (Å²) >= 11 is 3.40. The van der Waals surface area contributed by atoms with Gasteiger partial charge in [0, 0.05) is 19.6 Å². The summed E-state index contributed by atoms with van der Waals surface area (Å²) in [4.78, 5) is 0. The van der Waals surface area contributed by atoms with Crippen molar-refractivity contribution in [2.45, 2.75) is 19.1 Å². The molecule has 0 amide bonds. The largest absolute Gasteiger partial charge is 0.381 e. The third-order valence-corrected chi connectivity index (χ3v) is 2.95. The van der Waals surface area contributed by atoms with Crippen LogP contribution in [-0.2, 0) is 12.1 Å². The summed E-state index contributed by atoms with van der Waals surface area (Å²) in [7, 11) is 0. The second kappa shape index (κ2) is 3.08. The lowest BCUT2D eigenvalue weighted by molar-refractivity contribution is -0.0230. The highest BCUT2D eigenvalue weighted by Gasteiger charge is 2.40. The molecule has 1 fully saturated rings. The van der Waals surface area contributed by atoms with Crippen molar-refractivity contribution < 1.29 is 5.11 Å². The Balaban J connectivity index is 2.42. The minimum atomic E-state index is -0.731. The number of aromatic nitrogens is 2. The Bertz CT molecular complexity index is 319. The van der Waals surface area contributed by atoms with Gasteiger partial charge < -0.3 is 10.4 Å². The molecule has 72 valence electrons. The summed E-state index contributed by atoms with van der Waals surface area (Å²) in [6.45, 7) is 4.01. The molecule has 0 aromatic carbocycles. The molecule has 0 unspecified atom stereocenters. The molecule has 1 aliphatic heterocycles. The van der Waals surface area contributed by atoms with E-state index in [0.717, 1.165) is 16.7 Å². The molecule has 0 aliphatic carbocycles. The first-order valence-electron chi connectivity index (χ1n) is 4.32. The van der Waals surface area contributed by atoms with E-state index in [-0.39, 0.29) is 0 Å². The lowest BCUT2D eigenvalue weighted by Gasteiger charge is -2.38. The van der Waals surface area contributed by atoms with Crippen LogP contribution in [0.4, 0.5) is 0 Å². The zero-order valence-electron chi connectivity index (χ0n) is 7.42. The molecule has 5 heteroatoms. The number of nitrogens with zero attached hydrogens (tertiary/aromatic N) is 2. The Morgan fingerprint density at radius 3 is 2.92 bits per heavy atom. The minimum Gasteiger partial charge on any atom is -0.381 e. The number of rotatable bonds is 2. The van der Waals surface area contributed by atoms with E-state index in [0.29, 0.717) is 13.1 Å². The molecule has 2 heterocycles. The van der Waals surface area contributed by atoms with Gasteiger partial charge in [0.2, 0.25) is 0 Å². The maximum atomic E-state index is 10.1. The summed E-state index contributed by atoms with van der Waals surface area (Å²) < 4.78 is 2.71. The highest BCUT2D eigenvalue weighted by Crippen LogP contribution is 2.31. The first-order chi connectivity index (χ1) is 6.17. The van der Waals surface area contributed by atoms with Gasteiger partial charge >= 0.3 is 0 Å². The maximum absolute atomic E-state index is 10.1. The van der Waals surface area contributed by atoms with Crippen molar-refractivity contribution in [3.8, 4) is 0 Å². The molecule has 1 aromatic rings. The minimum absolute atomic E-state index is 0.608. The first-order valence-corrected chi connectivity index (χ1v) is 5.11. The molecule has 1 saturated heterocycles. The smallest absolute Gasteiger partial charge is 0.132 e. The Hall–Kier alpha value is -0.390. The van der Waals surface area contributed by atoms with Crippen LogP contribution in [0.1, 0.15) is 12.6 Å². The fourth-order valence-corrected chi connectivity index (χ4v) is 2.26. The molecule has 0 saturated carbocycles. The number of aliphatic hydroxyl groups is 1. The molecule has 0 bridgehead atoms. The monoisotopic (exact) mass is 245 g/mol. The molecule has 1 aromatic heterocycles. The number of hydrogen-bond acceptors (Lipinski definition) is 3. The predicted molar refractivity (Wildman–Crippen MR) is 52.4 cm³/mol. The second-order valence-electron chi connectivity index (χ2n) is 3.29. The number of nitrogens with one attached hydrogen (secondary N) is 1. The van der Waals surface area contributed by atoms with Crippen molar-refractivity contribution in [3.63, 3.8) is 0 Å². The number of β-amino-alcohol motifs (C(OH)–C–C–N with tert-alkyl or cyclic N) is 1. The SMILES string of the molecule is CCn1ncc(Br)c1C1(O)CNC1. The highest BCUT2D eigenvalue weighted by atomic mass is 79.9. The molecule has 0 atom stereocenters. The summed E-state index contributed by atoms with van der Waals surface area (Å²) in [6.07, 6.45) is 1.73. The normalized spacial score (nSPS) is 19.9. The highest BCUT2D eigenvalue weighted by molar-refractivity contribution is 9.10. The van der Waals surface area contributed by atoms with Gasteiger partial charge in [-0.25, -0.2) is 0 Å². The van der Waals surface area contributed by atoms with Gasteiger partial charge in [0.05, 0.1) is 16.4 Å². The number of halogens is 1. The fourth-order valence-electron chi connectivity index (χ4n) is 1.59. The second-order valence-corrected chi connectivity index (χ2v) is 4.15. The van der Waals surface area contributed by atoms with Crippen molar-refractivity contribution in [2.75, 3.05) is 13.1 Å². The van der Waals surface area contributed by atoms with Crippen LogP contribution in [0.15, 0.2) is 10.7 Å². The van der Waals surface area contributed by atoms with E-state index in [9.17, 15) is 5.11 Å². The molecule has 1 aliphatic rings.